The Morgan fingerprint density at radius 2 is 0.800 bits per heavy atom. The van der Waals surface area contributed by atoms with Gasteiger partial charge in [0.2, 0.25) is 0 Å². The zero-order chi connectivity index (χ0) is 36.3. The van der Waals surface area contributed by atoms with Crippen molar-refractivity contribution in [3.8, 4) is 55.6 Å². The number of para-hydroxylation sites is 1. The van der Waals surface area contributed by atoms with Gasteiger partial charge >= 0.3 is 0 Å². The molecule has 11 rings (SSSR count). The average molecular weight is 699 g/mol. The minimum Gasteiger partial charge on any atom is -0.455 e. The predicted octanol–water partition coefficient (Wildman–Crippen LogP) is 15.4. The van der Waals surface area contributed by atoms with Crippen LogP contribution < -0.4 is 0 Å². The Bertz CT molecular complexity index is 3220. The fraction of sp³-hybridized carbons (Fsp3) is 0. The summed E-state index contributed by atoms with van der Waals surface area (Å²) in [6.45, 7) is 0. The molecule has 0 bridgehead atoms. The Morgan fingerprint density at radius 3 is 1.60 bits per heavy atom. The van der Waals surface area contributed by atoms with Crippen molar-refractivity contribution >= 4 is 54.3 Å². The van der Waals surface area contributed by atoms with E-state index < -0.39 is 0 Å². The fourth-order valence-electron chi connectivity index (χ4n) is 8.78. The number of hydrogen-bond donors (Lipinski definition) is 0. The van der Waals surface area contributed by atoms with E-state index in [1.165, 1.54) is 76.8 Å². The summed E-state index contributed by atoms with van der Waals surface area (Å²) in [6, 6.07) is 74.6. The predicted molar refractivity (Wildman–Crippen MR) is 233 cm³/mol. The third-order valence-corrected chi connectivity index (χ3v) is 11.3. The standard InChI is InChI=1S/C54H34O/c1-3-14-37(15-4-1)43-24-12-26-48-53-47(25-13-27-50(53)55-54(43)48)52-45-22-10-9-21-44(45)51(39-17-5-2-6-18-39)49-34-40(32-33-46(49)52)35-28-30-38(31-29-35)42-23-11-19-36-16-7-8-20-41(36)42/h1-34H. The lowest BCUT2D eigenvalue weighted by Gasteiger charge is -2.19. The van der Waals surface area contributed by atoms with Crippen LogP contribution in [0, 0.1) is 0 Å². The molecule has 0 amide bonds. The van der Waals surface area contributed by atoms with Gasteiger partial charge in [-0.3, -0.25) is 0 Å². The third kappa shape index (κ3) is 5.09. The van der Waals surface area contributed by atoms with Crippen molar-refractivity contribution in [1.82, 2.24) is 0 Å². The van der Waals surface area contributed by atoms with E-state index in [1.807, 2.05) is 0 Å². The van der Waals surface area contributed by atoms with E-state index in [1.54, 1.807) is 0 Å². The van der Waals surface area contributed by atoms with E-state index >= 15 is 0 Å². The lowest BCUT2D eigenvalue weighted by molar-refractivity contribution is 0.670. The monoisotopic (exact) mass is 698 g/mol. The number of benzene rings is 10. The Balaban J connectivity index is 1.16. The van der Waals surface area contributed by atoms with E-state index in [0.29, 0.717) is 0 Å². The van der Waals surface area contributed by atoms with Crippen LogP contribution in [-0.4, -0.2) is 0 Å². The molecular formula is C54H34O. The maximum Gasteiger partial charge on any atom is 0.143 e. The molecule has 0 saturated heterocycles. The molecule has 10 aromatic carbocycles. The van der Waals surface area contributed by atoms with Gasteiger partial charge in [-0.1, -0.05) is 194 Å². The Hall–Kier alpha value is -7.22. The summed E-state index contributed by atoms with van der Waals surface area (Å²) < 4.78 is 6.76. The van der Waals surface area contributed by atoms with Gasteiger partial charge < -0.3 is 4.42 Å². The molecule has 256 valence electrons. The molecule has 0 spiro atoms. The Morgan fingerprint density at radius 1 is 0.273 bits per heavy atom. The SMILES string of the molecule is c1ccc(-c2c3ccccc3c(-c3cccc4oc5c(-c6ccccc6)cccc5c34)c3ccc(-c4ccc(-c5cccc6ccccc56)cc4)cc23)cc1. The Labute approximate surface area is 319 Å². The minimum absolute atomic E-state index is 0.892. The highest BCUT2D eigenvalue weighted by Gasteiger charge is 2.22. The molecule has 0 aliphatic heterocycles. The van der Waals surface area contributed by atoms with Crippen LogP contribution in [0.2, 0.25) is 0 Å². The second-order valence-corrected chi connectivity index (χ2v) is 14.4. The summed E-state index contributed by atoms with van der Waals surface area (Å²) >= 11 is 0. The molecule has 0 radical (unpaired) electrons. The zero-order valence-electron chi connectivity index (χ0n) is 30.0. The van der Waals surface area contributed by atoms with E-state index in [9.17, 15) is 0 Å². The van der Waals surface area contributed by atoms with Gasteiger partial charge in [0.1, 0.15) is 11.2 Å². The van der Waals surface area contributed by atoms with Gasteiger partial charge in [-0.2, -0.15) is 0 Å². The summed E-state index contributed by atoms with van der Waals surface area (Å²) in [7, 11) is 0. The first-order valence-electron chi connectivity index (χ1n) is 18.9. The molecule has 0 N–H and O–H groups in total. The molecule has 1 heteroatoms. The van der Waals surface area contributed by atoms with Crippen LogP contribution >= 0.6 is 0 Å². The van der Waals surface area contributed by atoms with Crippen molar-refractivity contribution in [3.05, 3.63) is 206 Å². The van der Waals surface area contributed by atoms with Crippen molar-refractivity contribution < 1.29 is 4.42 Å². The molecule has 11 aromatic rings. The highest BCUT2D eigenvalue weighted by atomic mass is 16.3. The maximum atomic E-state index is 6.76. The summed E-state index contributed by atoms with van der Waals surface area (Å²) in [5, 5.41) is 9.69. The number of hydrogen-bond acceptors (Lipinski definition) is 1. The summed E-state index contributed by atoms with van der Waals surface area (Å²) in [4.78, 5) is 0. The van der Waals surface area contributed by atoms with Crippen LogP contribution in [-0.2, 0) is 0 Å². The molecule has 0 saturated carbocycles. The molecule has 1 heterocycles. The zero-order valence-corrected chi connectivity index (χ0v) is 30.0. The summed E-state index contributed by atoms with van der Waals surface area (Å²) in [6.07, 6.45) is 0. The number of furan rings is 1. The largest absolute Gasteiger partial charge is 0.455 e. The normalized spacial score (nSPS) is 11.6. The second-order valence-electron chi connectivity index (χ2n) is 14.4. The van der Waals surface area contributed by atoms with Gasteiger partial charge in [-0.25, -0.2) is 0 Å². The third-order valence-electron chi connectivity index (χ3n) is 11.3. The van der Waals surface area contributed by atoms with Crippen molar-refractivity contribution in [2.75, 3.05) is 0 Å². The maximum absolute atomic E-state index is 6.76. The lowest BCUT2D eigenvalue weighted by Crippen LogP contribution is -1.92. The van der Waals surface area contributed by atoms with Crippen molar-refractivity contribution in [3.63, 3.8) is 0 Å². The second kappa shape index (κ2) is 12.7. The van der Waals surface area contributed by atoms with Gasteiger partial charge in [0.15, 0.2) is 0 Å². The van der Waals surface area contributed by atoms with Gasteiger partial charge in [-0.15, -0.1) is 0 Å². The highest BCUT2D eigenvalue weighted by molar-refractivity contribution is 6.26. The number of fused-ring (bicyclic) bond motifs is 6. The molecule has 1 nitrogen and oxygen atoms in total. The van der Waals surface area contributed by atoms with Gasteiger partial charge in [-0.05, 0) is 94.5 Å². The molecule has 55 heavy (non-hydrogen) atoms. The summed E-state index contributed by atoms with van der Waals surface area (Å²) in [5.41, 5.74) is 13.8. The van der Waals surface area contributed by atoms with E-state index in [4.69, 9.17) is 4.42 Å². The first-order chi connectivity index (χ1) is 27.3. The lowest BCUT2D eigenvalue weighted by atomic mass is 9.84. The molecule has 0 fully saturated rings. The molecule has 1 aromatic heterocycles. The van der Waals surface area contributed by atoms with Crippen LogP contribution in [0.4, 0.5) is 0 Å². The van der Waals surface area contributed by atoms with Crippen LogP contribution in [0.3, 0.4) is 0 Å². The molecule has 0 aliphatic carbocycles. The van der Waals surface area contributed by atoms with E-state index in [0.717, 1.165) is 33.1 Å². The molecular weight excluding hydrogens is 665 g/mol. The topological polar surface area (TPSA) is 13.1 Å². The van der Waals surface area contributed by atoms with Crippen LogP contribution in [0.25, 0.3) is 110 Å². The highest BCUT2D eigenvalue weighted by Crippen LogP contribution is 2.48. The van der Waals surface area contributed by atoms with Gasteiger partial charge in [0.05, 0.1) is 0 Å². The smallest absolute Gasteiger partial charge is 0.143 e. The van der Waals surface area contributed by atoms with Crippen LogP contribution in [0.5, 0.6) is 0 Å². The van der Waals surface area contributed by atoms with Crippen molar-refractivity contribution in [2.45, 2.75) is 0 Å². The van der Waals surface area contributed by atoms with Crippen molar-refractivity contribution in [1.29, 1.82) is 0 Å². The molecule has 0 atom stereocenters. The molecule has 0 unspecified atom stereocenters. The first kappa shape index (κ1) is 31.3. The van der Waals surface area contributed by atoms with E-state index in [2.05, 4.69) is 206 Å². The molecule has 0 aliphatic rings. The van der Waals surface area contributed by atoms with Gasteiger partial charge in [0, 0.05) is 16.3 Å². The average Bonchev–Trinajstić information content (AvgIpc) is 3.65. The summed E-state index contributed by atoms with van der Waals surface area (Å²) in [5.74, 6) is 0. The number of rotatable bonds is 5. The fourth-order valence-corrected chi connectivity index (χ4v) is 8.78. The Kier molecular flexibility index (Phi) is 7.25. The van der Waals surface area contributed by atoms with Crippen molar-refractivity contribution in [2.24, 2.45) is 0 Å². The quantitative estimate of drug-likeness (QED) is 0.163. The van der Waals surface area contributed by atoms with Crippen LogP contribution in [0.15, 0.2) is 211 Å². The van der Waals surface area contributed by atoms with Gasteiger partial charge in [0.25, 0.3) is 0 Å². The van der Waals surface area contributed by atoms with Crippen LogP contribution in [0.1, 0.15) is 0 Å². The first-order valence-corrected chi connectivity index (χ1v) is 18.9. The van der Waals surface area contributed by atoms with E-state index in [-0.39, 0.29) is 0 Å². The minimum atomic E-state index is 0.892.